The van der Waals surface area contributed by atoms with E-state index in [0.717, 1.165) is 16.2 Å². The lowest BCUT2D eigenvalue weighted by atomic mass is 10.2. The average Bonchev–Trinajstić information content (AvgIpc) is 2.75. The van der Waals surface area contributed by atoms with Gasteiger partial charge in [0.2, 0.25) is 0 Å². The van der Waals surface area contributed by atoms with Gasteiger partial charge in [0.15, 0.2) is 4.77 Å². The van der Waals surface area contributed by atoms with Crippen LogP contribution in [0.1, 0.15) is 24.4 Å². The zero-order valence-corrected chi connectivity index (χ0v) is 8.97. The SMILES string of the molecule is Cc1c[nH]c(=S)n1C(C)c1ccco1. The maximum absolute atomic E-state index is 5.35. The lowest BCUT2D eigenvalue weighted by Crippen LogP contribution is -2.07. The molecule has 3 nitrogen and oxygen atoms in total. The average molecular weight is 208 g/mol. The fraction of sp³-hybridized carbons (Fsp3) is 0.300. The van der Waals surface area contributed by atoms with Gasteiger partial charge in [0, 0.05) is 11.9 Å². The topological polar surface area (TPSA) is 33.9 Å². The first-order chi connectivity index (χ1) is 6.70. The summed E-state index contributed by atoms with van der Waals surface area (Å²) in [6.07, 6.45) is 3.58. The fourth-order valence-electron chi connectivity index (χ4n) is 1.60. The van der Waals surface area contributed by atoms with Crippen LogP contribution in [0.4, 0.5) is 0 Å². The second-order valence-electron chi connectivity index (χ2n) is 3.30. The van der Waals surface area contributed by atoms with Crippen LogP contribution in [0.2, 0.25) is 0 Å². The number of aromatic amines is 1. The van der Waals surface area contributed by atoms with Gasteiger partial charge >= 0.3 is 0 Å². The molecule has 74 valence electrons. The second kappa shape index (κ2) is 3.46. The number of imidazole rings is 1. The van der Waals surface area contributed by atoms with Gasteiger partial charge in [-0.15, -0.1) is 0 Å². The van der Waals surface area contributed by atoms with Gasteiger partial charge in [-0.1, -0.05) is 0 Å². The van der Waals surface area contributed by atoms with Crippen LogP contribution in [0.25, 0.3) is 0 Å². The summed E-state index contributed by atoms with van der Waals surface area (Å²) in [7, 11) is 0. The van der Waals surface area contributed by atoms with Crippen molar-refractivity contribution in [2.24, 2.45) is 0 Å². The quantitative estimate of drug-likeness (QED) is 0.769. The number of hydrogen-bond donors (Lipinski definition) is 1. The summed E-state index contributed by atoms with van der Waals surface area (Å²) >= 11 is 5.19. The molecule has 0 saturated heterocycles. The molecule has 0 aliphatic carbocycles. The Morgan fingerprint density at radius 3 is 2.86 bits per heavy atom. The molecule has 2 aromatic heterocycles. The van der Waals surface area contributed by atoms with E-state index in [1.807, 2.05) is 29.8 Å². The Balaban J connectivity index is 2.46. The molecule has 2 rings (SSSR count). The van der Waals surface area contributed by atoms with Gasteiger partial charge in [-0.3, -0.25) is 0 Å². The van der Waals surface area contributed by atoms with Gasteiger partial charge in [0.05, 0.1) is 12.3 Å². The maximum atomic E-state index is 5.35. The Morgan fingerprint density at radius 1 is 1.57 bits per heavy atom. The lowest BCUT2D eigenvalue weighted by molar-refractivity contribution is 0.440. The molecule has 2 heterocycles. The number of rotatable bonds is 2. The number of H-pyrrole nitrogens is 1. The highest BCUT2D eigenvalue weighted by Gasteiger charge is 2.12. The third-order valence-electron chi connectivity index (χ3n) is 2.35. The molecule has 0 amide bonds. The molecule has 0 aromatic carbocycles. The maximum Gasteiger partial charge on any atom is 0.178 e. The van der Waals surface area contributed by atoms with Crippen LogP contribution in [0.5, 0.6) is 0 Å². The van der Waals surface area contributed by atoms with Crippen molar-refractivity contribution in [3.8, 4) is 0 Å². The van der Waals surface area contributed by atoms with Gasteiger partial charge in [-0.25, -0.2) is 0 Å². The third-order valence-corrected chi connectivity index (χ3v) is 2.66. The minimum atomic E-state index is 0.142. The summed E-state index contributed by atoms with van der Waals surface area (Å²) in [6, 6.07) is 3.99. The standard InChI is InChI=1S/C10H12N2OS/c1-7-6-11-10(14)12(7)8(2)9-4-3-5-13-9/h3-6,8H,1-2H3,(H,11,14). The van der Waals surface area contributed by atoms with Crippen LogP contribution in [0.15, 0.2) is 29.0 Å². The predicted molar refractivity (Wildman–Crippen MR) is 56.9 cm³/mol. The monoisotopic (exact) mass is 208 g/mol. The molecular formula is C10H12N2OS. The molecule has 0 fully saturated rings. The molecule has 4 heteroatoms. The van der Waals surface area contributed by atoms with Crippen molar-refractivity contribution in [3.63, 3.8) is 0 Å². The van der Waals surface area contributed by atoms with Crippen molar-refractivity contribution in [2.45, 2.75) is 19.9 Å². The van der Waals surface area contributed by atoms with Crippen LogP contribution in [0.3, 0.4) is 0 Å². The molecule has 0 spiro atoms. The molecular weight excluding hydrogens is 196 g/mol. The van der Waals surface area contributed by atoms with E-state index in [-0.39, 0.29) is 6.04 Å². The normalized spacial score (nSPS) is 13.0. The molecule has 0 aliphatic heterocycles. The van der Waals surface area contributed by atoms with Crippen LogP contribution >= 0.6 is 12.2 Å². The molecule has 14 heavy (non-hydrogen) atoms. The summed E-state index contributed by atoms with van der Waals surface area (Å²) in [5.74, 6) is 0.920. The van der Waals surface area contributed by atoms with E-state index in [9.17, 15) is 0 Å². The van der Waals surface area contributed by atoms with Crippen molar-refractivity contribution >= 4 is 12.2 Å². The largest absolute Gasteiger partial charge is 0.467 e. The van der Waals surface area contributed by atoms with Gasteiger partial charge < -0.3 is 14.0 Å². The van der Waals surface area contributed by atoms with Gasteiger partial charge in [0.25, 0.3) is 0 Å². The van der Waals surface area contributed by atoms with Crippen LogP contribution in [-0.4, -0.2) is 9.55 Å². The molecule has 0 aliphatic rings. The van der Waals surface area contributed by atoms with E-state index in [1.54, 1.807) is 6.26 Å². The molecule has 1 atom stereocenters. The van der Waals surface area contributed by atoms with E-state index >= 15 is 0 Å². The lowest BCUT2D eigenvalue weighted by Gasteiger charge is -2.12. The second-order valence-corrected chi connectivity index (χ2v) is 3.68. The number of nitrogens with zero attached hydrogens (tertiary/aromatic N) is 1. The zero-order chi connectivity index (χ0) is 10.1. The number of furan rings is 1. The molecule has 1 N–H and O–H groups in total. The fourth-order valence-corrected chi connectivity index (χ4v) is 1.96. The van der Waals surface area contributed by atoms with Gasteiger partial charge in [-0.2, -0.15) is 0 Å². The van der Waals surface area contributed by atoms with Gasteiger partial charge in [0.1, 0.15) is 5.76 Å². The van der Waals surface area contributed by atoms with Crippen molar-refractivity contribution < 1.29 is 4.42 Å². The smallest absolute Gasteiger partial charge is 0.178 e. The number of nitrogens with one attached hydrogen (secondary N) is 1. The summed E-state index contributed by atoms with van der Waals surface area (Å²) < 4.78 is 8.11. The highest BCUT2D eigenvalue weighted by molar-refractivity contribution is 7.71. The Labute approximate surface area is 87.4 Å². The van der Waals surface area contributed by atoms with Crippen molar-refractivity contribution in [1.29, 1.82) is 0 Å². The van der Waals surface area contributed by atoms with Crippen LogP contribution in [0, 0.1) is 11.7 Å². The van der Waals surface area contributed by atoms with Crippen molar-refractivity contribution in [3.05, 3.63) is 40.8 Å². The zero-order valence-electron chi connectivity index (χ0n) is 8.15. The summed E-state index contributed by atoms with van der Waals surface area (Å²) in [5, 5.41) is 0. The molecule has 1 unspecified atom stereocenters. The third kappa shape index (κ3) is 1.42. The number of hydrogen-bond acceptors (Lipinski definition) is 2. The Bertz CT molecular complexity index is 467. The van der Waals surface area contributed by atoms with Crippen LogP contribution < -0.4 is 0 Å². The minimum Gasteiger partial charge on any atom is -0.467 e. The molecule has 0 bridgehead atoms. The van der Waals surface area contributed by atoms with Gasteiger partial charge in [-0.05, 0) is 38.2 Å². The number of aryl methyl sites for hydroxylation is 1. The van der Waals surface area contributed by atoms with E-state index in [0.29, 0.717) is 0 Å². The van der Waals surface area contributed by atoms with Crippen molar-refractivity contribution in [1.82, 2.24) is 9.55 Å². The molecule has 0 radical (unpaired) electrons. The summed E-state index contributed by atoms with van der Waals surface area (Å²) in [4.78, 5) is 3.02. The predicted octanol–water partition coefficient (Wildman–Crippen LogP) is 3.06. The van der Waals surface area contributed by atoms with E-state index < -0.39 is 0 Å². The van der Waals surface area contributed by atoms with E-state index in [2.05, 4.69) is 11.9 Å². The Kier molecular flexibility index (Phi) is 2.29. The van der Waals surface area contributed by atoms with Crippen LogP contribution in [-0.2, 0) is 0 Å². The first kappa shape index (κ1) is 9.27. The van der Waals surface area contributed by atoms with E-state index in [1.165, 1.54) is 0 Å². The van der Waals surface area contributed by atoms with E-state index in [4.69, 9.17) is 16.6 Å². The highest BCUT2D eigenvalue weighted by Crippen LogP contribution is 2.20. The first-order valence-corrected chi connectivity index (χ1v) is 4.91. The summed E-state index contributed by atoms with van der Waals surface area (Å²) in [6.45, 7) is 4.08. The van der Waals surface area contributed by atoms with Crippen molar-refractivity contribution in [2.75, 3.05) is 0 Å². The Hall–Kier alpha value is -1.29. The minimum absolute atomic E-state index is 0.142. The highest BCUT2D eigenvalue weighted by atomic mass is 32.1. The number of aromatic nitrogens is 2. The summed E-state index contributed by atoms with van der Waals surface area (Å²) in [5.41, 5.74) is 1.11. The molecule has 0 saturated carbocycles. The Morgan fingerprint density at radius 2 is 2.36 bits per heavy atom. The molecule has 2 aromatic rings. The first-order valence-electron chi connectivity index (χ1n) is 4.50.